The second-order valence-corrected chi connectivity index (χ2v) is 9.93. The van der Waals surface area contributed by atoms with Crippen molar-refractivity contribution in [3.63, 3.8) is 0 Å². The van der Waals surface area contributed by atoms with E-state index in [2.05, 4.69) is 21.2 Å². The number of methoxy groups -OCH3 is 1. The zero-order valence-corrected chi connectivity index (χ0v) is 20.3. The maximum Gasteiger partial charge on any atom is 0.408 e. The number of carbonyl (C=O) groups excluding carboxylic acids is 3. The molecule has 0 bridgehead atoms. The van der Waals surface area contributed by atoms with Gasteiger partial charge in [0.1, 0.15) is 17.2 Å². The smallest absolute Gasteiger partial charge is 0.408 e. The van der Waals surface area contributed by atoms with E-state index < -0.39 is 41.2 Å². The lowest BCUT2D eigenvalue weighted by atomic mass is 9.92. The van der Waals surface area contributed by atoms with E-state index >= 15 is 0 Å². The molecule has 0 saturated heterocycles. The summed E-state index contributed by atoms with van der Waals surface area (Å²) in [6, 6.07) is 6.42. The summed E-state index contributed by atoms with van der Waals surface area (Å²) in [4.78, 5) is 37.5. The second kappa shape index (κ2) is 10.8. The number of nitrogens with one attached hydrogen (secondary N) is 1. The van der Waals surface area contributed by atoms with Crippen molar-refractivity contribution in [1.29, 1.82) is 0 Å². The third kappa shape index (κ3) is 10.1. The van der Waals surface area contributed by atoms with Gasteiger partial charge in [-0.3, -0.25) is 4.79 Å². The summed E-state index contributed by atoms with van der Waals surface area (Å²) in [5, 5.41) is 2.55. The van der Waals surface area contributed by atoms with Gasteiger partial charge in [0.05, 0.1) is 13.0 Å². The van der Waals surface area contributed by atoms with Crippen molar-refractivity contribution in [2.75, 3.05) is 7.11 Å². The Labute approximate surface area is 187 Å². The highest BCUT2D eigenvalue weighted by Crippen LogP contribution is 2.21. The van der Waals surface area contributed by atoms with E-state index in [1.807, 2.05) is 24.3 Å². The topological polar surface area (TPSA) is 90.9 Å². The van der Waals surface area contributed by atoms with Crippen LogP contribution in [0.25, 0.3) is 0 Å². The first-order chi connectivity index (χ1) is 13.7. The highest BCUT2D eigenvalue weighted by Gasteiger charge is 2.33. The van der Waals surface area contributed by atoms with Crippen LogP contribution in [0.2, 0.25) is 0 Å². The number of hydrogen-bond acceptors (Lipinski definition) is 6. The number of esters is 2. The van der Waals surface area contributed by atoms with Crippen LogP contribution in [0.5, 0.6) is 0 Å². The highest BCUT2D eigenvalue weighted by molar-refractivity contribution is 9.10. The molecule has 1 aromatic rings. The van der Waals surface area contributed by atoms with Crippen molar-refractivity contribution in [1.82, 2.24) is 5.32 Å². The Morgan fingerprint density at radius 1 is 0.933 bits per heavy atom. The average Bonchev–Trinajstić information content (AvgIpc) is 2.58. The first-order valence-electron chi connectivity index (χ1n) is 9.75. The molecule has 1 aromatic carbocycles. The van der Waals surface area contributed by atoms with Gasteiger partial charge < -0.3 is 19.5 Å². The number of ether oxygens (including phenoxy) is 3. The van der Waals surface area contributed by atoms with Gasteiger partial charge in [0.2, 0.25) is 0 Å². The molecule has 0 aliphatic heterocycles. The van der Waals surface area contributed by atoms with Gasteiger partial charge in [-0.1, -0.05) is 28.1 Å². The highest BCUT2D eigenvalue weighted by atomic mass is 79.9. The minimum Gasteiger partial charge on any atom is -0.469 e. The van der Waals surface area contributed by atoms with Gasteiger partial charge in [0.25, 0.3) is 0 Å². The third-order valence-electron chi connectivity index (χ3n) is 3.83. The van der Waals surface area contributed by atoms with E-state index in [1.165, 1.54) is 7.11 Å². The SMILES string of the molecule is COC(=O)[C@@H](Cc1ccc(Br)cc1)C[C@H](NC(=O)OC(C)(C)C)C(=O)OC(C)(C)C. The van der Waals surface area contributed by atoms with Crippen molar-refractivity contribution in [3.8, 4) is 0 Å². The van der Waals surface area contributed by atoms with Gasteiger partial charge in [-0.2, -0.15) is 0 Å². The summed E-state index contributed by atoms with van der Waals surface area (Å²) in [6.45, 7) is 10.4. The predicted molar refractivity (Wildman–Crippen MR) is 117 cm³/mol. The van der Waals surface area contributed by atoms with Crippen molar-refractivity contribution >= 4 is 34.0 Å². The fourth-order valence-electron chi connectivity index (χ4n) is 2.66. The molecule has 30 heavy (non-hydrogen) atoms. The Hall–Kier alpha value is -2.09. The molecule has 0 heterocycles. The van der Waals surface area contributed by atoms with E-state index in [0.29, 0.717) is 6.42 Å². The first kappa shape index (κ1) is 25.9. The molecule has 8 heteroatoms. The van der Waals surface area contributed by atoms with Gasteiger partial charge in [0.15, 0.2) is 0 Å². The van der Waals surface area contributed by atoms with Crippen molar-refractivity contribution in [2.24, 2.45) is 5.92 Å². The van der Waals surface area contributed by atoms with Gasteiger partial charge in [-0.25, -0.2) is 9.59 Å². The molecule has 168 valence electrons. The molecule has 0 aromatic heterocycles. The van der Waals surface area contributed by atoms with Gasteiger partial charge >= 0.3 is 18.0 Å². The average molecular weight is 486 g/mol. The number of hydrogen-bond donors (Lipinski definition) is 1. The summed E-state index contributed by atoms with van der Waals surface area (Å²) < 4.78 is 16.6. The van der Waals surface area contributed by atoms with Gasteiger partial charge in [0, 0.05) is 4.47 Å². The summed E-state index contributed by atoms with van der Waals surface area (Å²) in [6.07, 6.45) is -0.405. The summed E-state index contributed by atoms with van der Waals surface area (Å²) in [5.41, 5.74) is -0.590. The molecular formula is C22H32BrNO6. The quantitative estimate of drug-likeness (QED) is 0.454. The Bertz CT molecular complexity index is 733. The number of alkyl carbamates (subject to hydrolysis) is 1. The van der Waals surface area contributed by atoms with Crippen LogP contribution >= 0.6 is 15.9 Å². The minimum absolute atomic E-state index is 0.0108. The van der Waals surface area contributed by atoms with Gasteiger partial charge in [-0.05, 0) is 72.1 Å². The maximum atomic E-state index is 12.8. The normalized spacial score (nSPS) is 13.7. The van der Waals surface area contributed by atoms with Crippen LogP contribution in [0.4, 0.5) is 4.79 Å². The number of amides is 1. The van der Waals surface area contributed by atoms with Crippen LogP contribution in [0.1, 0.15) is 53.5 Å². The maximum absolute atomic E-state index is 12.8. The summed E-state index contributed by atoms with van der Waals surface area (Å²) >= 11 is 3.38. The van der Waals surface area contributed by atoms with E-state index in [-0.39, 0.29) is 6.42 Å². The molecule has 7 nitrogen and oxygen atoms in total. The van der Waals surface area contributed by atoms with Crippen LogP contribution < -0.4 is 5.32 Å². The minimum atomic E-state index is -1.07. The lowest BCUT2D eigenvalue weighted by Crippen LogP contribution is -2.47. The van der Waals surface area contributed by atoms with Crippen LogP contribution in [-0.4, -0.2) is 42.4 Å². The van der Waals surface area contributed by atoms with Crippen LogP contribution in [-0.2, 0) is 30.2 Å². The Kier molecular flexibility index (Phi) is 9.34. The van der Waals surface area contributed by atoms with E-state index in [9.17, 15) is 14.4 Å². The monoisotopic (exact) mass is 485 g/mol. The van der Waals surface area contributed by atoms with Crippen molar-refractivity contribution < 1.29 is 28.6 Å². The molecule has 1 amide bonds. The van der Waals surface area contributed by atoms with Gasteiger partial charge in [-0.15, -0.1) is 0 Å². The molecule has 0 aliphatic carbocycles. The largest absolute Gasteiger partial charge is 0.469 e. The summed E-state index contributed by atoms with van der Waals surface area (Å²) in [7, 11) is 1.29. The lowest BCUT2D eigenvalue weighted by molar-refractivity contribution is -0.158. The number of rotatable bonds is 7. The fraction of sp³-hybridized carbons (Fsp3) is 0.591. The molecule has 0 fully saturated rings. The number of benzene rings is 1. The Morgan fingerprint density at radius 2 is 1.47 bits per heavy atom. The molecular weight excluding hydrogens is 454 g/mol. The van der Waals surface area contributed by atoms with Crippen LogP contribution in [0.15, 0.2) is 28.7 Å². The lowest BCUT2D eigenvalue weighted by Gasteiger charge is -2.27. The Morgan fingerprint density at radius 3 is 1.93 bits per heavy atom. The molecule has 1 rings (SSSR count). The van der Waals surface area contributed by atoms with Crippen LogP contribution in [0.3, 0.4) is 0 Å². The molecule has 0 spiro atoms. The van der Waals surface area contributed by atoms with Crippen LogP contribution in [0, 0.1) is 5.92 Å². The predicted octanol–water partition coefficient (Wildman–Crippen LogP) is 4.41. The number of carbonyl (C=O) groups is 3. The standard InChI is InChI=1S/C22H32BrNO6/c1-21(2,3)29-19(26)17(24-20(27)30-22(4,5)6)13-15(18(25)28-7)12-14-8-10-16(23)11-9-14/h8-11,15,17H,12-13H2,1-7H3,(H,24,27)/t15-,17-/m0/s1. The zero-order valence-electron chi connectivity index (χ0n) is 18.7. The molecule has 1 N–H and O–H groups in total. The zero-order chi connectivity index (χ0) is 23.1. The van der Waals surface area contributed by atoms with E-state index in [1.54, 1.807) is 41.5 Å². The first-order valence-corrected chi connectivity index (χ1v) is 10.5. The number of halogens is 1. The van der Waals surface area contributed by atoms with E-state index in [0.717, 1.165) is 10.0 Å². The molecule has 0 aliphatic rings. The molecule has 2 atom stereocenters. The van der Waals surface area contributed by atoms with Crippen molar-refractivity contribution in [3.05, 3.63) is 34.3 Å². The molecule has 0 saturated carbocycles. The third-order valence-corrected chi connectivity index (χ3v) is 4.36. The summed E-state index contributed by atoms with van der Waals surface area (Å²) in [5.74, 6) is -1.78. The van der Waals surface area contributed by atoms with Crippen molar-refractivity contribution in [2.45, 2.75) is 71.6 Å². The second-order valence-electron chi connectivity index (χ2n) is 9.02. The Balaban J connectivity index is 3.07. The molecule has 0 unspecified atom stereocenters. The van der Waals surface area contributed by atoms with E-state index in [4.69, 9.17) is 14.2 Å². The fourth-order valence-corrected chi connectivity index (χ4v) is 2.92. The molecule has 0 radical (unpaired) electrons.